The Hall–Kier alpha value is -0.390. The van der Waals surface area contributed by atoms with Crippen LogP contribution in [-0.4, -0.2) is 4.98 Å². The molecule has 0 radical (unpaired) electrons. The first-order chi connectivity index (χ1) is 6.75. The average Bonchev–Trinajstić information content (AvgIpc) is 2.56. The number of nitrogens with zero attached hydrogens (tertiary/aromatic N) is 1. The molecular formula is C9H5BrFNS2. The van der Waals surface area contributed by atoms with Crippen LogP contribution >= 0.6 is 39.0 Å². The lowest BCUT2D eigenvalue weighted by molar-refractivity contribution is 0.602. The lowest BCUT2D eigenvalue weighted by Gasteiger charge is -1.97. The summed E-state index contributed by atoms with van der Waals surface area (Å²) in [5, 5.41) is 1.88. The third-order valence-corrected chi connectivity index (χ3v) is 4.19. The van der Waals surface area contributed by atoms with Gasteiger partial charge in [-0.25, -0.2) is 9.37 Å². The van der Waals surface area contributed by atoms with Crippen LogP contribution < -0.4 is 0 Å². The molecule has 0 aliphatic carbocycles. The van der Waals surface area contributed by atoms with Gasteiger partial charge in [-0.15, -0.1) is 11.3 Å². The van der Waals surface area contributed by atoms with E-state index in [2.05, 4.69) is 20.9 Å². The van der Waals surface area contributed by atoms with E-state index in [0.29, 0.717) is 4.90 Å². The van der Waals surface area contributed by atoms with Crippen molar-refractivity contribution in [3.05, 3.63) is 40.1 Å². The molecule has 1 aromatic carbocycles. The quantitative estimate of drug-likeness (QED) is 0.822. The van der Waals surface area contributed by atoms with Gasteiger partial charge in [0, 0.05) is 5.38 Å². The molecule has 1 aromatic heterocycles. The fraction of sp³-hybridized carbons (Fsp3) is 0. The molecule has 0 saturated heterocycles. The monoisotopic (exact) mass is 289 g/mol. The maximum absolute atomic E-state index is 13.2. The molecular weight excluding hydrogens is 285 g/mol. The summed E-state index contributed by atoms with van der Waals surface area (Å²) in [6.07, 6.45) is 0. The van der Waals surface area contributed by atoms with Crippen LogP contribution in [0.5, 0.6) is 0 Å². The molecule has 2 aromatic rings. The Morgan fingerprint density at radius 2 is 2.14 bits per heavy atom. The molecule has 0 bridgehead atoms. The Morgan fingerprint density at radius 1 is 1.36 bits per heavy atom. The highest BCUT2D eigenvalue weighted by atomic mass is 79.9. The van der Waals surface area contributed by atoms with Crippen molar-refractivity contribution in [3.8, 4) is 0 Å². The number of hydrogen-bond donors (Lipinski definition) is 0. The summed E-state index contributed by atoms with van der Waals surface area (Å²) in [6.45, 7) is 0. The van der Waals surface area contributed by atoms with E-state index in [1.807, 2.05) is 11.4 Å². The number of thiazole rings is 1. The van der Waals surface area contributed by atoms with Crippen LogP contribution in [0.3, 0.4) is 0 Å². The molecule has 0 N–H and O–H groups in total. The maximum Gasteiger partial charge on any atom is 0.156 e. The van der Waals surface area contributed by atoms with Crippen molar-refractivity contribution in [2.45, 2.75) is 9.24 Å². The van der Waals surface area contributed by atoms with Gasteiger partial charge in [-0.2, -0.15) is 0 Å². The minimum atomic E-state index is -0.205. The molecule has 2 rings (SSSR count). The predicted molar refractivity (Wildman–Crippen MR) is 60.3 cm³/mol. The van der Waals surface area contributed by atoms with Crippen molar-refractivity contribution < 1.29 is 4.39 Å². The molecule has 1 heterocycles. The Balaban J connectivity index is 2.23. The van der Waals surface area contributed by atoms with Gasteiger partial charge < -0.3 is 0 Å². The topological polar surface area (TPSA) is 12.9 Å². The van der Waals surface area contributed by atoms with E-state index in [1.165, 1.54) is 29.2 Å². The van der Waals surface area contributed by atoms with Crippen LogP contribution in [0, 0.1) is 5.82 Å². The molecule has 5 heteroatoms. The Kier molecular flexibility index (Phi) is 3.20. The van der Waals surface area contributed by atoms with Crippen LogP contribution in [-0.2, 0) is 0 Å². The highest BCUT2D eigenvalue weighted by Crippen LogP contribution is 2.32. The molecule has 0 amide bonds. The van der Waals surface area contributed by atoms with Gasteiger partial charge in [0.2, 0.25) is 0 Å². The molecule has 0 saturated carbocycles. The number of benzene rings is 1. The van der Waals surface area contributed by atoms with E-state index < -0.39 is 0 Å². The summed E-state index contributed by atoms with van der Waals surface area (Å²) >= 11 is 6.09. The van der Waals surface area contributed by atoms with Crippen LogP contribution in [0.4, 0.5) is 4.39 Å². The molecule has 14 heavy (non-hydrogen) atoms. The zero-order valence-corrected chi connectivity index (χ0v) is 10.1. The minimum Gasteiger partial charge on any atom is -0.222 e. The van der Waals surface area contributed by atoms with Crippen LogP contribution in [0.15, 0.2) is 43.5 Å². The summed E-state index contributed by atoms with van der Waals surface area (Å²) in [5.41, 5.74) is 0. The smallest absolute Gasteiger partial charge is 0.156 e. The van der Waals surface area contributed by atoms with Crippen LogP contribution in [0.1, 0.15) is 0 Å². The summed E-state index contributed by atoms with van der Waals surface area (Å²) < 4.78 is 14.9. The van der Waals surface area contributed by atoms with Crippen molar-refractivity contribution in [3.63, 3.8) is 0 Å². The van der Waals surface area contributed by atoms with Crippen LogP contribution in [0.2, 0.25) is 0 Å². The third-order valence-electron chi connectivity index (χ3n) is 1.49. The lowest BCUT2D eigenvalue weighted by atomic mass is 10.4. The zero-order chi connectivity index (χ0) is 9.97. The van der Waals surface area contributed by atoms with E-state index in [-0.39, 0.29) is 5.82 Å². The van der Waals surface area contributed by atoms with Crippen molar-refractivity contribution in [2.75, 3.05) is 0 Å². The van der Waals surface area contributed by atoms with Gasteiger partial charge in [-0.05, 0) is 28.1 Å². The summed E-state index contributed by atoms with van der Waals surface area (Å²) in [5.74, 6) is -0.205. The number of aromatic nitrogens is 1. The average molecular weight is 290 g/mol. The Morgan fingerprint density at radius 3 is 2.79 bits per heavy atom. The molecule has 0 aliphatic rings. The Bertz CT molecular complexity index is 444. The molecule has 0 spiro atoms. The standard InChI is InChI=1S/C9H5BrFNS2/c10-8-5-13-9(12-8)14-7-4-2-1-3-6(7)11/h1-5H. The minimum absolute atomic E-state index is 0.205. The first-order valence-electron chi connectivity index (χ1n) is 3.79. The van der Waals surface area contributed by atoms with Crippen molar-refractivity contribution in [2.24, 2.45) is 0 Å². The number of rotatable bonds is 2. The number of hydrogen-bond acceptors (Lipinski definition) is 3. The largest absolute Gasteiger partial charge is 0.222 e. The van der Waals surface area contributed by atoms with E-state index in [9.17, 15) is 4.39 Å². The van der Waals surface area contributed by atoms with Gasteiger partial charge in [0.05, 0.1) is 4.90 Å². The fourth-order valence-corrected chi connectivity index (χ4v) is 3.25. The summed E-state index contributed by atoms with van der Waals surface area (Å²) in [6, 6.07) is 6.69. The highest BCUT2D eigenvalue weighted by molar-refractivity contribution is 9.10. The fourth-order valence-electron chi connectivity index (χ4n) is 0.907. The predicted octanol–water partition coefficient (Wildman–Crippen LogP) is 4.20. The third kappa shape index (κ3) is 2.34. The van der Waals surface area contributed by atoms with Crippen molar-refractivity contribution >= 4 is 39.0 Å². The van der Waals surface area contributed by atoms with E-state index in [0.717, 1.165) is 8.94 Å². The van der Waals surface area contributed by atoms with Crippen molar-refractivity contribution in [1.82, 2.24) is 4.98 Å². The van der Waals surface area contributed by atoms with Gasteiger partial charge in [0.25, 0.3) is 0 Å². The second-order valence-electron chi connectivity index (χ2n) is 2.47. The van der Waals surface area contributed by atoms with E-state index in [4.69, 9.17) is 0 Å². The van der Waals surface area contributed by atoms with Gasteiger partial charge in [-0.3, -0.25) is 0 Å². The maximum atomic E-state index is 13.2. The molecule has 1 nitrogen and oxygen atoms in total. The summed E-state index contributed by atoms with van der Waals surface area (Å²) in [4.78, 5) is 4.78. The van der Waals surface area contributed by atoms with E-state index >= 15 is 0 Å². The first kappa shape index (κ1) is 10.1. The van der Waals surface area contributed by atoms with Crippen LogP contribution in [0.25, 0.3) is 0 Å². The molecule has 0 unspecified atom stereocenters. The summed E-state index contributed by atoms with van der Waals surface area (Å²) in [7, 11) is 0. The van der Waals surface area contributed by atoms with Gasteiger partial charge in [-0.1, -0.05) is 23.9 Å². The SMILES string of the molecule is Fc1ccccc1Sc1nc(Br)cs1. The Labute approximate surface area is 97.5 Å². The van der Waals surface area contributed by atoms with Gasteiger partial charge in [0.1, 0.15) is 10.4 Å². The molecule has 0 atom stereocenters. The van der Waals surface area contributed by atoms with Crippen molar-refractivity contribution in [1.29, 1.82) is 0 Å². The van der Waals surface area contributed by atoms with E-state index in [1.54, 1.807) is 12.1 Å². The molecule has 0 aliphatic heterocycles. The zero-order valence-electron chi connectivity index (χ0n) is 6.91. The molecule has 0 fully saturated rings. The second-order valence-corrected chi connectivity index (χ2v) is 5.43. The molecule has 72 valence electrons. The highest BCUT2D eigenvalue weighted by Gasteiger charge is 2.05. The normalized spacial score (nSPS) is 10.4. The lowest BCUT2D eigenvalue weighted by Crippen LogP contribution is -1.78. The first-order valence-corrected chi connectivity index (χ1v) is 6.28. The second kappa shape index (κ2) is 4.42. The van der Waals surface area contributed by atoms with Gasteiger partial charge in [0.15, 0.2) is 4.34 Å². The number of halogens is 2. The van der Waals surface area contributed by atoms with Gasteiger partial charge >= 0.3 is 0 Å².